The second-order valence-electron chi connectivity index (χ2n) is 4.17. The van der Waals surface area contributed by atoms with Gasteiger partial charge in [0.25, 0.3) is 5.82 Å². The van der Waals surface area contributed by atoms with E-state index in [4.69, 9.17) is 0 Å². The summed E-state index contributed by atoms with van der Waals surface area (Å²) in [7, 11) is 0. The lowest BCUT2D eigenvalue weighted by Crippen LogP contribution is -2.11. The highest BCUT2D eigenvalue weighted by Gasteiger charge is 2.38. The first kappa shape index (κ1) is 13.0. The molecule has 3 rings (SSSR count). The molecule has 0 amide bonds. The molecular formula is C12H9F3N4S. The van der Waals surface area contributed by atoms with E-state index in [9.17, 15) is 13.2 Å². The van der Waals surface area contributed by atoms with E-state index in [-0.39, 0.29) is 4.96 Å². The number of hydrogen-bond donors (Lipinski definition) is 0. The fourth-order valence-electron chi connectivity index (χ4n) is 1.79. The summed E-state index contributed by atoms with van der Waals surface area (Å²) >= 11 is 1.08. The van der Waals surface area contributed by atoms with Gasteiger partial charge < -0.3 is 0 Å². The highest BCUT2D eigenvalue weighted by atomic mass is 32.1. The van der Waals surface area contributed by atoms with Crippen molar-refractivity contribution in [1.82, 2.24) is 19.8 Å². The summed E-state index contributed by atoms with van der Waals surface area (Å²) in [6, 6.07) is 7.56. The Balaban J connectivity index is 2.06. The van der Waals surface area contributed by atoms with Gasteiger partial charge in [0.1, 0.15) is 5.01 Å². The van der Waals surface area contributed by atoms with Gasteiger partial charge in [-0.3, -0.25) is 0 Å². The molecular weight excluding hydrogens is 289 g/mol. The number of alkyl halides is 3. The fraction of sp³-hybridized carbons (Fsp3) is 0.250. The third-order valence-electron chi connectivity index (χ3n) is 2.85. The maximum Gasteiger partial charge on any atom is 0.453 e. The van der Waals surface area contributed by atoms with Crippen LogP contribution in [-0.4, -0.2) is 19.8 Å². The number of aryl methyl sites for hydroxylation is 1. The number of halogens is 3. The third-order valence-corrected chi connectivity index (χ3v) is 3.80. The van der Waals surface area contributed by atoms with Gasteiger partial charge in [-0.05, 0) is 12.0 Å². The first-order valence-corrected chi connectivity index (χ1v) is 6.69. The number of hydrogen-bond acceptors (Lipinski definition) is 4. The van der Waals surface area contributed by atoms with Gasteiger partial charge in [0, 0.05) is 5.56 Å². The van der Waals surface area contributed by atoms with E-state index < -0.39 is 12.0 Å². The maximum atomic E-state index is 12.7. The first-order chi connectivity index (χ1) is 9.49. The molecule has 4 nitrogen and oxygen atoms in total. The van der Waals surface area contributed by atoms with Gasteiger partial charge in [-0.2, -0.15) is 22.8 Å². The van der Waals surface area contributed by atoms with E-state index in [1.165, 1.54) is 0 Å². The number of aromatic nitrogens is 4. The van der Waals surface area contributed by atoms with Crippen LogP contribution in [0.1, 0.15) is 18.3 Å². The van der Waals surface area contributed by atoms with Crippen LogP contribution < -0.4 is 0 Å². The zero-order valence-electron chi connectivity index (χ0n) is 10.3. The molecule has 0 N–H and O–H groups in total. The molecule has 1 aromatic carbocycles. The summed E-state index contributed by atoms with van der Waals surface area (Å²) in [6.07, 6.45) is -3.65. The highest BCUT2D eigenvalue weighted by molar-refractivity contribution is 7.19. The van der Waals surface area contributed by atoms with Crippen molar-refractivity contribution in [3.05, 3.63) is 35.7 Å². The minimum Gasteiger partial charge on any atom is -0.178 e. The molecule has 104 valence electrons. The fourth-order valence-corrected chi connectivity index (χ4v) is 2.64. The Morgan fingerprint density at radius 1 is 1.15 bits per heavy atom. The Morgan fingerprint density at radius 3 is 2.45 bits per heavy atom. The molecule has 0 aliphatic heterocycles. The Kier molecular flexibility index (Phi) is 2.97. The van der Waals surface area contributed by atoms with Crippen molar-refractivity contribution in [3.63, 3.8) is 0 Å². The van der Waals surface area contributed by atoms with Crippen molar-refractivity contribution in [3.8, 4) is 10.6 Å². The van der Waals surface area contributed by atoms with Crippen LogP contribution in [0.5, 0.6) is 0 Å². The van der Waals surface area contributed by atoms with Crippen LogP contribution in [-0.2, 0) is 12.6 Å². The van der Waals surface area contributed by atoms with Crippen molar-refractivity contribution < 1.29 is 13.2 Å². The zero-order valence-corrected chi connectivity index (χ0v) is 11.2. The molecule has 2 aromatic heterocycles. The van der Waals surface area contributed by atoms with E-state index in [0.717, 1.165) is 33.4 Å². The molecule has 0 unspecified atom stereocenters. The summed E-state index contributed by atoms with van der Waals surface area (Å²) in [6.45, 7) is 2.04. The summed E-state index contributed by atoms with van der Waals surface area (Å²) in [4.78, 5) is 0.131. The van der Waals surface area contributed by atoms with Crippen LogP contribution in [0.15, 0.2) is 24.3 Å². The molecule has 0 atom stereocenters. The number of nitrogens with zero attached hydrogens (tertiary/aromatic N) is 4. The van der Waals surface area contributed by atoms with Crippen molar-refractivity contribution in [2.75, 3.05) is 0 Å². The smallest absolute Gasteiger partial charge is 0.178 e. The monoisotopic (exact) mass is 298 g/mol. The summed E-state index contributed by atoms with van der Waals surface area (Å²) in [5, 5.41) is 11.1. The predicted octanol–water partition coefficient (Wildman–Crippen LogP) is 3.43. The summed E-state index contributed by atoms with van der Waals surface area (Å²) < 4.78 is 38.9. The van der Waals surface area contributed by atoms with Crippen molar-refractivity contribution in [2.24, 2.45) is 0 Å². The largest absolute Gasteiger partial charge is 0.453 e. The maximum absolute atomic E-state index is 12.7. The van der Waals surface area contributed by atoms with Crippen molar-refractivity contribution in [2.45, 2.75) is 19.5 Å². The quantitative estimate of drug-likeness (QED) is 0.728. The Labute approximate surface area is 115 Å². The predicted molar refractivity (Wildman–Crippen MR) is 68.5 cm³/mol. The molecule has 0 aliphatic carbocycles. The van der Waals surface area contributed by atoms with Gasteiger partial charge in [0.2, 0.25) is 4.96 Å². The van der Waals surface area contributed by atoms with Crippen LogP contribution >= 0.6 is 11.3 Å². The molecule has 3 aromatic rings. The second kappa shape index (κ2) is 4.55. The van der Waals surface area contributed by atoms with Crippen LogP contribution in [0.2, 0.25) is 0 Å². The zero-order chi connectivity index (χ0) is 14.3. The van der Waals surface area contributed by atoms with Gasteiger partial charge in [0.15, 0.2) is 0 Å². The topological polar surface area (TPSA) is 43.1 Å². The van der Waals surface area contributed by atoms with Crippen LogP contribution in [0.25, 0.3) is 15.5 Å². The number of rotatable bonds is 2. The molecule has 0 aliphatic rings. The standard InChI is InChI=1S/C12H9F3N4S/c1-2-7-3-5-8(6-4-7)9-18-19-10(12(13,14)15)16-17-11(19)20-9/h3-6H,2H2,1H3. The number of benzene rings is 1. The molecule has 0 saturated carbocycles. The minimum absolute atomic E-state index is 0.131. The molecule has 0 spiro atoms. The third kappa shape index (κ3) is 2.15. The van der Waals surface area contributed by atoms with Gasteiger partial charge in [-0.1, -0.05) is 42.5 Å². The number of fused-ring (bicyclic) bond motifs is 1. The SMILES string of the molecule is CCc1ccc(-c2nn3c(C(F)(F)F)nnc3s2)cc1. The average molecular weight is 298 g/mol. The molecule has 8 heteroatoms. The Hall–Kier alpha value is -1.96. The molecule has 0 fully saturated rings. The van der Waals surface area contributed by atoms with E-state index in [2.05, 4.69) is 15.3 Å². The molecule has 0 radical (unpaired) electrons. The van der Waals surface area contributed by atoms with Crippen molar-refractivity contribution >= 4 is 16.3 Å². The first-order valence-electron chi connectivity index (χ1n) is 5.88. The van der Waals surface area contributed by atoms with E-state index in [1.807, 2.05) is 31.2 Å². The van der Waals surface area contributed by atoms with Gasteiger partial charge in [0.05, 0.1) is 0 Å². The van der Waals surface area contributed by atoms with E-state index in [1.54, 1.807) is 0 Å². The van der Waals surface area contributed by atoms with Gasteiger partial charge in [-0.25, -0.2) is 0 Å². The van der Waals surface area contributed by atoms with Gasteiger partial charge in [-0.15, -0.1) is 10.2 Å². The molecule has 2 heterocycles. The van der Waals surface area contributed by atoms with Crippen LogP contribution in [0.4, 0.5) is 13.2 Å². The lowest BCUT2D eigenvalue weighted by atomic mass is 10.1. The van der Waals surface area contributed by atoms with Crippen LogP contribution in [0.3, 0.4) is 0 Å². The molecule has 0 bridgehead atoms. The molecule has 0 saturated heterocycles. The summed E-state index contributed by atoms with van der Waals surface area (Å²) in [5.74, 6) is -1.10. The average Bonchev–Trinajstić information content (AvgIpc) is 2.97. The summed E-state index contributed by atoms with van der Waals surface area (Å²) in [5.41, 5.74) is 1.93. The Morgan fingerprint density at radius 2 is 1.85 bits per heavy atom. The lowest BCUT2D eigenvalue weighted by Gasteiger charge is -2.00. The van der Waals surface area contributed by atoms with Crippen LogP contribution in [0, 0.1) is 0 Å². The Bertz CT molecular complexity index is 742. The van der Waals surface area contributed by atoms with Gasteiger partial charge >= 0.3 is 6.18 Å². The minimum atomic E-state index is -4.56. The second-order valence-corrected chi connectivity index (χ2v) is 5.13. The van der Waals surface area contributed by atoms with E-state index >= 15 is 0 Å². The normalized spacial score (nSPS) is 12.2. The van der Waals surface area contributed by atoms with E-state index in [0.29, 0.717) is 5.01 Å². The highest BCUT2D eigenvalue weighted by Crippen LogP contribution is 2.31. The van der Waals surface area contributed by atoms with Crippen molar-refractivity contribution in [1.29, 1.82) is 0 Å². The molecule has 20 heavy (non-hydrogen) atoms. The lowest BCUT2D eigenvalue weighted by molar-refractivity contribution is -0.146.